The van der Waals surface area contributed by atoms with Crippen molar-refractivity contribution in [1.29, 1.82) is 0 Å². The van der Waals surface area contributed by atoms with Crippen LogP contribution in [0.15, 0.2) is 42.7 Å². The molecule has 1 fully saturated rings. The minimum absolute atomic E-state index is 0.123. The molecule has 1 saturated heterocycles. The molecule has 2 aliphatic heterocycles. The van der Waals surface area contributed by atoms with E-state index in [2.05, 4.69) is 21.9 Å². The standard InChI is InChI=1S/C25H24F3N5O/c1-15-7-16(2)31-21-14-33(13-20(15)21)24(34)8-17-11-32(12-17)23-10-19(4-6-30-23)18-3-5-29-22(9-18)25(26,27)28/h3-7,9-10,17H,8,11-14H2,1-2H3. The summed E-state index contributed by atoms with van der Waals surface area (Å²) in [6.45, 7) is 6.56. The van der Waals surface area contributed by atoms with Gasteiger partial charge < -0.3 is 9.80 Å². The summed E-state index contributed by atoms with van der Waals surface area (Å²) in [6.07, 6.45) is -1.27. The summed E-state index contributed by atoms with van der Waals surface area (Å²) in [5, 5.41) is 0. The van der Waals surface area contributed by atoms with E-state index in [-0.39, 0.29) is 11.8 Å². The number of nitrogens with zero attached hydrogens (tertiary/aromatic N) is 5. The Balaban J connectivity index is 1.20. The highest BCUT2D eigenvalue weighted by Gasteiger charge is 2.34. The van der Waals surface area contributed by atoms with Crippen LogP contribution in [0.1, 0.15) is 34.6 Å². The number of carbonyl (C=O) groups is 1. The Morgan fingerprint density at radius 1 is 1.03 bits per heavy atom. The van der Waals surface area contributed by atoms with E-state index in [1.165, 1.54) is 11.8 Å². The number of aromatic nitrogens is 3. The lowest BCUT2D eigenvalue weighted by atomic mass is 9.95. The maximum absolute atomic E-state index is 13.0. The molecule has 0 atom stereocenters. The SMILES string of the molecule is Cc1cc(C)c2c(n1)CN(C(=O)CC1CN(c3cc(-c4ccnc(C(F)(F)F)c4)ccn3)C1)C2. The fourth-order valence-electron chi connectivity index (χ4n) is 4.69. The van der Waals surface area contributed by atoms with Gasteiger partial charge in [0.15, 0.2) is 0 Å². The third-order valence-electron chi connectivity index (χ3n) is 6.48. The second-order valence-corrected chi connectivity index (χ2v) is 9.06. The van der Waals surface area contributed by atoms with E-state index in [1.54, 1.807) is 24.4 Å². The summed E-state index contributed by atoms with van der Waals surface area (Å²) in [4.78, 5) is 29.2. The molecular weight excluding hydrogens is 443 g/mol. The lowest BCUT2D eigenvalue weighted by molar-refractivity contribution is -0.141. The van der Waals surface area contributed by atoms with E-state index < -0.39 is 11.9 Å². The number of carbonyl (C=O) groups excluding carboxylic acids is 1. The summed E-state index contributed by atoms with van der Waals surface area (Å²) >= 11 is 0. The third kappa shape index (κ3) is 4.34. The van der Waals surface area contributed by atoms with Gasteiger partial charge in [-0.2, -0.15) is 13.2 Å². The molecule has 0 spiro atoms. The van der Waals surface area contributed by atoms with Crippen LogP contribution >= 0.6 is 0 Å². The smallest absolute Gasteiger partial charge is 0.356 e. The number of hydrogen-bond donors (Lipinski definition) is 0. The van der Waals surface area contributed by atoms with Gasteiger partial charge in [-0.15, -0.1) is 0 Å². The number of rotatable bonds is 4. The molecular formula is C25H24F3N5O. The van der Waals surface area contributed by atoms with Crippen LogP contribution in [0, 0.1) is 19.8 Å². The van der Waals surface area contributed by atoms with Crippen LogP contribution in [0.5, 0.6) is 0 Å². The van der Waals surface area contributed by atoms with Crippen LogP contribution in [-0.2, 0) is 24.1 Å². The second kappa shape index (κ2) is 8.38. The van der Waals surface area contributed by atoms with Gasteiger partial charge in [0.25, 0.3) is 0 Å². The van der Waals surface area contributed by atoms with Crippen molar-refractivity contribution in [3.05, 3.63) is 70.9 Å². The number of pyridine rings is 3. The van der Waals surface area contributed by atoms with Gasteiger partial charge in [0, 0.05) is 50.1 Å². The zero-order chi connectivity index (χ0) is 24.0. The third-order valence-corrected chi connectivity index (χ3v) is 6.48. The molecule has 0 bridgehead atoms. The summed E-state index contributed by atoms with van der Waals surface area (Å²) in [5.74, 6) is 1.03. The molecule has 0 unspecified atom stereocenters. The van der Waals surface area contributed by atoms with Crippen molar-refractivity contribution in [3.8, 4) is 11.1 Å². The number of anilines is 1. The van der Waals surface area contributed by atoms with Crippen molar-refractivity contribution in [3.63, 3.8) is 0 Å². The number of fused-ring (bicyclic) bond motifs is 1. The Labute approximate surface area is 195 Å². The van der Waals surface area contributed by atoms with Crippen LogP contribution < -0.4 is 4.90 Å². The Kier molecular flexibility index (Phi) is 5.50. The molecule has 176 valence electrons. The molecule has 0 aromatic carbocycles. The number of amides is 1. The highest BCUT2D eigenvalue weighted by atomic mass is 19.4. The fraction of sp³-hybridized carbons (Fsp3) is 0.360. The second-order valence-electron chi connectivity index (χ2n) is 9.06. The highest BCUT2D eigenvalue weighted by Crippen LogP contribution is 2.33. The van der Waals surface area contributed by atoms with Gasteiger partial charge in [-0.3, -0.25) is 14.8 Å². The molecule has 3 aromatic heterocycles. The molecule has 0 aliphatic carbocycles. The van der Waals surface area contributed by atoms with E-state index in [0.717, 1.165) is 23.0 Å². The Bertz CT molecular complexity index is 1250. The van der Waals surface area contributed by atoms with E-state index in [0.29, 0.717) is 49.5 Å². The van der Waals surface area contributed by atoms with Gasteiger partial charge in [0.05, 0.1) is 12.2 Å². The van der Waals surface area contributed by atoms with Crippen LogP contribution in [0.4, 0.5) is 19.0 Å². The molecule has 2 aliphatic rings. The predicted molar refractivity (Wildman–Crippen MR) is 121 cm³/mol. The van der Waals surface area contributed by atoms with Crippen molar-refractivity contribution in [2.45, 2.75) is 39.5 Å². The first-order chi connectivity index (χ1) is 16.2. The van der Waals surface area contributed by atoms with E-state index >= 15 is 0 Å². The normalized spacial score (nSPS) is 15.9. The molecule has 3 aromatic rings. The number of halogens is 3. The minimum Gasteiger partial charge on any atom is -0.356 e. The summed E-state index contributed by atoms with van der Waals surface area (Å²) in [5.41, 5.74) is 4.45. The molecule has 6 nitrogen and oxygen atoms in total. The quantitative estimate of drug-likeness (QED) is 0.564. The molecule has 5 heterocycles. The topological polar surface area (TPSA) is 62.2 Å². The fourth-order valence-corrected chi connectivity index (χ4v) is 4.69. The Morgan fingerprint density at radius 2 is 1.74 bits per heavy atom. The minimum atomic E-state index is -4.49. The van der Waals surface area contributed by atoms with Gasteiger partial charge in [-0.05, 0) is 66.4 Å². The number of aryl methyl sites for hydroxylation is 2. The van der Waals surface area contributed by atoms with Crippen LogP contribution in [-0.4, -0.2) is 38.8 Å². The maximum atomic E-state index is 13.0. The highest BCUT2D eigenvalue weighted by molar-refractivity contribution is 5.78. The van der Waals surface area contributed by atoms with Gasteiger partial charge in [-0.1, -0.05) is 0 Å². The molecule has 34 heavy (non-hydrogen) atoms. The molecule has 9 heteroatoms. The van der Waals surface area contributed by atoms with Crippen LogP contribution in [0.3, 0.4) is 0 Å². The Hall–Kier alpha value is -3.49. The lowest BCUT2D eigenvalue weighted by Gasteiger charge is -2.40. The van der Waals surface area contributed by atoms with Crippen molar-refractivity contribution < 1.29 is 18.0 Å². The molecule has 0 N–H and O–H groups in total. The van der Waals surface area contributed by atoms with Gasteiger partial charge in [0.1, 0.15) is 11.5 Å². The van der Waals surface area contributed by atoms with Crippen LogP contribution in [0.25, 0.3) is 11.1 Å². The zero-order valence-electron chi connectivity index (χ0n) is 18.9. The van der Waals surface area contributed by atoms with E-state index in [4.69, 9.17) is 0 Å². The maximum Gasteiger partial charge on any atom is 0.433 e. The average Bonchev–Trinajstić information content (AvgIpc) is 3.20. The van der Waals surface area contributed by atoms with Crippen molar-refractivity contribution in [2.75, 3.05) is 18.0 Å². The zero-order valence-corrected chi connectivity index (χ0v) is 18.9. The number of hydrogen-bond acceptors (Lipinski definition) is 5. The average molecular weight is 467 g/mol. The number of alkyl halides is 3. The predicted octanol–water partition coefficient (Wildman–Crippen LogP) is 4.54. The van der Waals surface area contributed by atoms with Gasteiger partial charge >= 0.3 is 6.18 Å². The van der Waals surface area contributed by atoms with Crippen LogP contribution in [0.2, 0.25) is 0 Å². The molecule has 0 radical (unpaired) electrons. The summed E-state index contributed by atoms with van der Waals surface area (Å²) in [6, 6.07) is 8.11. The summed E-state index contributed by atoms with van der Waals surface area (Å²) in [7, 11) is 0. The molecule has 1 amide bonds. The van der Waals surface area contributed by atoms with Gasteiger partial charge in [0.2, 0.25) is 5.91 Å². The first-order valence-electron chi connectivity index (χ1n) is 11.2. The van der Waals surface area contributed by atoms with E-state index in [1.807, 2.05) is 22.8 Å². The van der Waals surface area contributed by atoms with Crippen molar-refractivity contribution in [1.82, 2.24) is 19.9 Å². The van der Waals surface area contributed by atoms with E-state index in [9.17, 15) is 18.0 Å². The first-order valence-corrected chi connectivity index (χ1v) is 11.2. The largest absolute Gasteiger partial charge is 0.433 e. The van der Waals surface area contributed by atoms with Crippen molar-refractivity contribution >= 4 is 11.7 Å². The Morgan fingerprint density at radius 3 is 2.47 bits per heavy atom. The molecule has 0 saturated carbocycles. The first kappa shape index (κ1) is 22.3. The summed E-state index contributed by atoms with van der Waals surface area (Å²) < 4.78 is 39.0. The molecule has 5 rings (SSSR count). The monoisotopic (exact) mass is 467 g/mol. The van der Waals surface area contributed by atoms with Crippen molar-refractivity contribution in [2.24, 2.45) is 5.92 Å². The lowest BCUT2D eigenvalue weighted by Crippen LogP contribution is -2.49. The van der Waals surface area contributed by atoms with Gasteiger partial charge in [-0.25, -0.2) is 4.98 Å².